The summed E-state index contributed by atoms with van der Waals surface area (Å²) in [5.41, 5.74) is 5.57. The maximum Gasteiger partial charge on any atom is 0.234 e. The molecule has 0 unspecified atom stereocenters. The molecule has 5 heterocycles. The highest BCUT2D eigenvalue weighted by molar-refractivity contribution is 5.54. The van der Waals surface area contributed by atoms with Crippen LogP contribution in [-0.4, -0.2) is 40.8 Å². The lowest BCUT2D eigenvalue weighted by Crippen LogP contribution is -2.31. The van der Waals surface area contributed by atoms with Crippen LogP contribution in [0.4, 0.5) is 0 Å². The minimum Gasteiger partial charge on any atom is -0.293 e. The van der Waals surface area contributed by atoms with Crippen LogP contribution in [-0.2, 0) is 19.5 Å². The molecule has 0 saturated carbocycles. The van der Waals surface area contributed by atoms with Crippen LogP contribution < -0.4 is 0 Å². The predicted molar refractivity (Wildman–Crippen MR) is 101 cm³/mol. The van der Waals surface area contributed by atoms with Crippen molar-refractivity contribution in [1.29, 1.82) is 0 Å². The number of imidazole rings is 1. The number of fused-ring (bicyclic) bond motifs is 2. The summed E-state index contributed by atoms with van der Waals surface area (Å²) < 4.78 is 2.08. The van der Waals surface area contributed by atoms with Gasteiger partial charge in [0.15, 0.2) is 5.82 Å². The highest BCUT2D eigenvalue weighted by Gasteiger charge is 2.21. The van der Waals surface area contributed by atoms with E-state index in [1.165, 1.54) is 11.3 Å². The zero-order valence-electron chi connectivity index (χ0n) is 15.1. The molecule has 1 aliphatic heterocycles. The summed E-state index contributed by atoms with van der Waals surface area (Å²) in [6, 6.07) is 5.83. The molecule has 0 fully saturated rings. The molecule has 0 radical (unpaired) electrons. The van der Waals surface area contributed by atoms with Crippen molar-refractivity contribution in [3.63, 3.8) is 0 Å². The first-order valence-corrected chi connectivity index (χ1v) is 9.04. The van der Waals surface area contributed by atoms with Crippen LogP contribution in [0.5, 0.6) is 0 Å². The van der Waals surface area contributed by atoms with Crippen LogP contribution in [0, 0.1) is 6.92 Å². The monoisotopic (exact) mass is 357 g/mol. The molecule has 0 N–H and O–H groups in total. The topological polar surface area (TPSA) is 72.1 Å². The molecule has 0 saturated heterocycles. The van der Waals surface area contributed by atoms with Gasteiger partial charge in [0.2, 0.25) is 5.78 Å². The fourth-order valence-electron chi connectivity index (χ4n) is 3.60. The average Bonchev–Trinajstić information content (AvgIpc) is 3.03. The molecule has 0 bridgehead atoms. The van der Waals surface area contributed by atoms with Gasteiger partial charge in [-0.25, -0.2) is 19.9 Å². The fraction of sp³-hybridized carbons (Fsp3) is 0.250. The normalized spacial score (nSPS) is 14.4. The molecule has 27 heavy (non-hydrogen) atoms. The van der Waals surface area contributed by atoms with Gasteiger partial charge in [0.1, 0.15) is 0 Å². The first-order chi connectivity index (χ1) is 13.3. The van der Waals surface area contributed by atoms with E-state index in [9.17, 15) is 0 Å². The van der Waals surface area contributed by atoms with Crippen molar-refractivity contribution in [1.82, 2.24) is 34.2 Å². The second-order valence-electron chi connectivity index (χ2n) is 6.80. The molecule has 0 spiro atoms. The Morgan fingerprint density at radius 1 is 1.07 bits per heavy atom. The SMILES string of the molecule is Cc1nc2ncccn2c1CN1CCc2nc(-c3ccncc3)ncc2C1. The maximum atomic E-state index is 4.79. The minimum absolute atomic E-state index is 0.757. The highest BCUT2D eigenvalue weighted by atomic mass is 15.2. The van der Waals surface area contributed by atoms with Crippen LogP contribution in [0.1, 0.15) is 22.6 Å². The number of hydrogen-bond donors (Lipinski definition) is 0. The molecular weight excluding hydrogens is 338 g/mol. The summed E-state index contributed by atoms with van der Waals surface area (Å²) in [5.74, 6) is 1.53. The van der Waals surface area contributed by atoms with Gasteiger partial charge in [0, 0.05) is 68.2 Å². The predicted octanol–water partition coefficient (Wildman–Crippen LogP) is 2.45. The molecule has 0 atom stereocenters. The van der Waals surface area contributed by atoms with E-state index in [2.05, 4.69) is 29.2 Å². The Hall–Kier alpha value is -3.19. The van der Waals surface area contributed by atoms with Gasteiger partial charge in [-0.05, 0) is 25.1 Å². The Kier molecular flexibility index (Phi) is 3.86. The third kappa shape index (κ3) is 2.96. The van der Waals surface area contributed by atoms with Crippen molar-refractivity contribution in [3.05, 3.63) is 71.8 Å². The lowest BCUT2D eigenvalue weighted by Gasteiger charge is -2.28. The molecule has 0 amide bonds. The van der Waals surface area contributed by atoms with Crippen molar-refractivity contribution in [2.45, 2.75) is 26.4 Å². The van der Waals surface area contributed by atoms with E-state index in [0.717, 1.165) is 54.6 Å². The van der Waals surface area contributed by atoms with Crippen molar-refractivity contribution >= 4 is 5.78 Å². The second kappa shape index (κ2) is 6.51. The Morgan fingerprint density at radius 2 is 1.96 bits per heavy atom. The molecule has 134 valence electrons. The van der Waals surface area contributed by atoms with Gasteiger partial charge in [-0.1, -0.05) is 0 Å². The van der Waals surface area contributed by atoms with Crippen LogP contribution in [0.2, 0.25) is 0 Å². The van der Waals surface area contributed by atoms with E-state index in [4.69, 9.17) is 4.98 Å². The Balaban J connectivity index is 1.39. The molecule has 7 nitrogen and oxygen atoms in total. The van der Waals surface area contributed by atoms with Crippen LogP contribution in [0.3, 0.4) is 0 Å². The Bertz CT molecular complexity index is 1100. The van der Waals surface area contributed by atoms with Crippen molar-refractivity contribution < 1.29 is 0 Å². The molecular formula is C20H19N7. The third-order valence-corrected chi connectivity index (χ3v) is 5.03. The van der Waals surface area contributed by atoms with Gasteiger partial charge >= 0.3 is 0 Å². The van der Waals surface area contributed by atoms with Crippen LogP contribution in [0.15, 0.2) is 49.2 Å². The largest absolute Gasteiger partial charge is 0.293 e. The van der Waals surface area contributed by atoms with E-state index in [1.54, 1.807) is 18.6 Å². The summed E-state index contributed by atoms with van der Waals surface area (Å²) in [7, 11) is 0. The summed E-state index contributed by atoms with van der Waals surface area (Å²) in [6.45, 7) is 4.70. The van der Waals surface area contributed by atoms with Crippen molar-refractivity contribution in [3.8, 4) is 11.4 Å². The lowest BCUT2D eigenvalue weighted by molar-refractivity contribution is 0.239. The van der Waals surface area contributed by atoms with Gasteiger partial charge < -0.3 is 0 Å². The van der Waals surface area contributed by atoms with Crippen LogP contribution in [0.25, 0.3) is 17.2 Å². The first-order valence-electron chi connectivity index (χ1n) is 9.04. The number of rotatable bonds is 3. The summed E-state index contributed by atoms with van der Waals surface area (Å²) in [4.78, 5) is 24.7. The average molecular weight is 357 g/mol. The quantitative estimate of drug-likeness (QED) is 0.561. The number of pyridine rings is 1. The van der Waals surface area contributed by atoms with Crippen LogP contribution >= 0.6 is 0 Å². The molecule has 0 aliphatic carbocycles. The van der Waals surface area contributed by atoms with Gasteiger partial charge in [-0.2, -0.15) is 0 Å². The summed E-state index contributed by atoms with van der Waals surface area (Å²) in [5, 5.41) is 0. The van der Waals surface area contributed by atoms with Gasteiger partial charge in [0.25, 0.3) is 0 Å². The van der Waals surface area contributed by atoms with E-state index in [0.29, 0.717) is 0 Å². The lowest BCUT2D eigenvalue weighted by atomic mass is 10.1. The smallest absolute Gasteiger partial charge is 0.234 e. The molecule has 0 aromatic carbocycles. The number of aryl methyl sites for hydroxylation is 1. The van der Waals surface area contributed by atoms with E-state index >= 15 is 0 Å². The van der Waals surface area contributed by atoms with E-state index < -0.39 is 0 Å². The summed E-state index contributed by atoms with van der Waals surface area (Å²) in [6.07, 6.45) is 10.2. The van der Waals surface area contributed by atoms with Gasteiger partial charge in [-0.3, -0.25) is 14.3 Å². The standard InChI is InChI=1S/C20H19N7/c1-14-18(27-9-2-6-22-20(27)24-14)13-26-10-5-17-16(12-26)11-23-19(25-17)15-3-7-21-8-4-15/h2-4,6-9,11H,5,10,12-13H2,1H3. The van der Waals surface area contributed by atoms with E-state index in [1.807, 2.05) is 37.5 Å². The van der Waals surface area contributed by atoms with Crippen molar-refractivity contribution in [2.24, 2.45) is 0 Å². The molecule has 7 heteroatoms. The maximum absolute atomic E-state index is 4.79. The Morgan fingerprint density at radius 3 is 2.85 bits per heavy atom. The molecule has 5 rings (SSSR count). The van der Waals surface area contributed by atoms with E-state index in [-0.39, 0.29) is 0 Å². The molecule has 4 aromatic rings. The number of nitrogens with zero attached hydrogens (tertiary/aromatic N) is 7. The first kappa shape index (κ1) is 16.0. The summed E-state index contributed by atoms with van der Waals surface area (Å²) >= 11 is 0. The second-order valence-corrected chi connectivity index (χ2v) is 6.80. The third-order valence-electron chi connectivity index (χ3n) is 5.03. The fourth-order valence-corrected chi connectivity index (χ4v) is 3.60. The Labute approximate surface area is 156 Å². The number of aromatic nitrogens is 6. The van der Waals surface area contributed by atoms with Gasteiger partial charge in [-0.15, -0.1) is 0 Å². The van der Waals surface area contributed by atoms with Gasteiger partial charge in [0.05, 0.1) is 17.1 Å². The zero-order valence-corrected chi connectivity index (χ0v) is 15.1. The molecule has 1 aliphatic rings. The minimum atomic E-state index is 0.757. The zero-order chi connectivity index (χ0) is 18.2. The highest BCUT2D eigenvalue weighted by Crippen LogP contribution is 2.22. The van der Waals surface area contributed by atoms with Crippen molar-refractivity contribution in [2.75, 3.05) is 6.54 Å². The molecule has 4 aromatic heterocycles. The number of hydrogen-bond acceptors (Lipinski definition) is 6.